The SMILES string of the molecule is Oc1ccc(NCc2cccc3[nH]ccc23)cc1. The van der Waals surface area contributed by atoms with Crippen LogP contribution >= 0.6 is 0 Å². The summed E-state index contributed by atoms with van der Waals surface area (Å²) in [4.78, 5) is 3.20. The smallest absolute Gasteiger partial charge is 0.115 e. The highest BCUT2D eigenvalue weighted by molar-refractivity contribution is 5.83. The lowest BCUT2D eigenvalue weighted by Crippen LogP contribution is -1.99. The molecule has 90 valence electrons. The third-order valence-electron chi connectivity index (χ3n) is 3.04. The Morgan fingerprint density at radius 1 is 1.00 bits per heavy atom. The second-order valence-electron chi connectivity index (χ2n) is 4.26. The molecule has 0 atom stereocenters. The maximum Gasteiger partial charge on any atom is 0.115 e. The number of phenols is 1. The number of anilines is 1. The number of benzene rings is 2. The van der Waals surface area contributed by atoms with Crippen LogP contribution in [0.4, 0.5) is 5.69 Å². The summed E-state index contributed by atoms with van der Waals surface area (Å²) in [6.45, 7) is 0.764. The van der Waals surface area contributed by atoms with E-state index >= 15 is 0 Å². The lowest BCUT2D eigenvalue weighted by molar-refractivity contribution is 0.475. The highest BCUT2D eigenvalue weighted by atomic mass is 16.3. The number of hydrogen-bond donors (Lipinski definition) is 3. The summed E-state index contributed by atoms with van der Waals surface area (Å²) in [5.74, 6) is 0.285. The monoisotopic (exact) mass is 238 g/mol. The third kappa shape index (κ3) is 2.02. The van der Waals surface area contributed by atoms with Gasteiger partial charge in [-0.05, 0) is 42.0 Å². The van der Waals surface area contributed by atoms with E-state index in [1.807, 2.05) is 24.4 Å². The fourth-order valence-corrected chi connectivity index (χ4v) is 2.08. The van der Waals surface area contributed by atoms with Crippen molar-refractivity contribution in [2.45, 2.75) is 6.54 Å². The Bertz CT molecular complexity index is 656. The summed E-state index contributed by atoms with van der Waals surface area (Å²) < 4.78 is 0. The topological polar surface area (TPSA) is 48.0 Å². The predicted octanol–water partition coefficient (Wildman–Crippen LogP) is 3.49. The molecule has 18 heavy (non-hydrogen) atoms. The van der Waals surface area contributed by atoms with E-state index in [9.17, 15) is 5.11 Å². The van der Waals surface area contributed by atoms with Crippen LogP contribution in [-0.4, -0.2) is 10.1 Å². The molecule has 0 bridgehead atoms. The first-order valence-electron chi connectivity index (χ1n) is 5.91. The predicted molar refractivity (Wildman–Crippen MR) is 73.7 cm³/mol. The molecule has 3 heteroatoms. The van der Waals surface area contributed by atoms with E-state index in [0.717, 1.165) is 17.7 Å². The van der Waals surface area contributed by atoms with Crippen LogP contribution in [0.25, 0.3) is 10.9 Å². The first kappa shape index (κ1) is 10.7. The van der Waals surface area contributed by atoms with E-state index in [-0.39, 0.29) is 5.75 Å². The molecule has 0 saturated carbocycles. The van der Waals surface area contributed by atoms with Crippen LogP contribution in [0.1, 0.15) is 5.56 Å². The van der Waals surface area contributed by atoms with Gasteiger partial charge in [-0.1, -0.05) is 12.1 Å². The number of aromatic amines is 1. The summed E-state index contributed by atoms with van der Waals surface area (Å²) in [5.41, 5.74) is 3.40. The highest BCUT2D eigenvalue weighted by Gasteiger charge is 2.01. The maximum absolute atomic E-state index is 9.22. The molecule has 1 heterocycles. The molecule has 0 fully saturated rings. The van der Waals surface area contributed by atoms with Gasteiger partial charge in [-0.25, -0.2) is 0 Å². The van der Waals surface area contributed by atoms with Gasteiger partial charge in [-0.3, -0.25) is 0 Å². The first-order valence-corrected chi connectivity index (χ1v) is 5.91. The Labute approximate surface area is 105 Å². The van der Waals surface area contributed by atoms with E-state index in [1.165, 1.54) is 10.9 Å². The van der Waals surface area contributed by atoms with Crippen LogP contribution in [0, 0.1) is 0 Å². The second-order valence-corrected chi connectivity index (χ2v) is 4.26. The summed E-state index contributed by atoms with van der Waals surface area (Å²) in [7, 11) is 0. The largest absolute Gasteiger partial charge is 0.508 e. The van der Waals surface area contributed by atoms with Crippen molar-refractivity contribution < 1.29 is 5.11 Å². The molecule has 3 aromatic rings. The minimum absolute atomic E-state index is 0.285. The van der Waals surface area contributed by atoms with Crippen molar-refractivity contribution in [3.63, 3.8) is 0 Å². The van der Waals surface area contributed by atoms with Crippen LogP contribution in [0.2, 0.25) is 0 Å². The van der Waals surface area contributed by atoms with Gasteiger partial charge in [-0.2, -0.15) is 0 Å². The van der Waals surface area contributed by atoms with E-state index in [4.69, 9.17) is 0 Å². The maximum atomic E-state index is 9.22. The fourth-order valence-electron chi connectivity index (χ4n) is 2.08. The number of phenolic OH excluding ortho intramolecular Hbond substituents is 1. The van der Waals surface area contributed by atoms with Gasteiger partial charge in [0.15, 0.2) is 0 Å². The molecule has 0 saturated heterocycles. The number of aromatic nitrogens is 1. The van der Waals surface area contributed by atoms with Gasteiger partial charge in [0.1, 0.15) is 5.75 Å². The van der Waals surface area contributed by atoms with Gasteiger partial charge in [0.25, 0.3) is 0 Å². The van der Waals surface area contributed by atoms with Crippen molar-refractivity contribution >= 4 is 16.6 Å². The zero-order chi connectivity index (χ0) is 12.4. The molecule has 0 amide bonds. The van der Waals surface area contributed by atoms with Gasteiger partial charge < -0.3 is 15.4 Å². The second kappa shape index (κ2) is 4.45. The lowest BCUT2D eigenvalue weighted by atomic mass is 10.1. The van der Waals surface area contributed by atoms with Crippen molar-refractivity contribution in [1.82, 2.24) is 4.98 Å². The molecule has 2 aromatic carbocycles. The summed E-state index contributed by atoms with van der Waals surface area (Å²) >= 11 is 0. The fraction of sp³-hybridized carbons (Fsp3) is 0.0667. The molecule has 1 aromatic heterocycles. The molecule has 0 radical (unpaired) electrons. The van der Waals surface area contributed by atoms with Crippen molar-refractivity contribution in [3.8, 4) is 5.75 Å². The van der Waals surface area contributed by atoms with Crippen molar-refractivity contribution in [2.75, 3.05) is 5.32 Å². The summed E-state index contributed by atoms with van der Waals surface area (Å²) in [5, 5.41) is 13.8. The van der Waals surface area contributed by atoms with Crippen LogP contribution < -0.4 is 5.32 Å². The molecule has 3 rings (SSSR count). The Kier molecular flexibility index (Phi) is 2.65. The standard InChI is InChI=1S/C15H14N2O/c18-13-6-4-12(5-7-13)17-10-11-2-1-3-15-14(11)8-9-16-15/h1-9,16-18H,10H2. The van der Waals surface area contributed by atoms with E-state index < -0.39 is 0 Å². The molecule has 0 aliphatic carbocycles. The summed E-state index contributed by atoms with van der Waals surface area (Å²) in [6, 6.07) is 15.4. The lowest BCUT2D eigenvalue weighted by Gasteiger charge is -2.07. The van der Waals surface area contributed by atoms with Gasteiger partial charge in [0.05, 0.1) is 0 Å². The van der Waals surface area contributed by atoms with Gasteiger partial charge >= 0.3 is 0 Å². The first-order chi connectivity index (χ1) is 8.83. The molecule has 0 unspecified atom stereocenters. The van der Waals surface area contributed by atoms with Crippen LogP contribution in [0.15, 0.2) is 54.7 Å². The van der Waals surface area contributed by atoms with Crippen LogP contribution in [0.5, 0.6) is 5.75 Å². The van der Waals surface area contributed by atoms with Gasteiger partial charge in [0.2, 0.25) is 0 Å². The Balaban J connectivity index is 1.80. The summed E-state index contributed by atoms with van der Waals surface area (Å²) in [6.07, 6.45) is 1.95. The van der Waals surface area contributed by atoms with Gasteiger partial charge in [0, 0.05) is 29.3 Å². The van der Waals surface area contributed by atoms with Crippen LogP contribution in [0.3, 0.4) is 0 Å². The molecule has 3 N–H and O–H groups in total. The Morgan fingerprint density at radius 2 is 1.83 bits per heavy atom. The zero-order valence-corrected chi connectivity index (χ0v) is 9.85. The molecular weight excluding hydrogens is 224 g/mol. The van der Waals surface area contributed by atoms with E-state index in [2.05, 4.69) is 28.5 Å². The third-order valence-corrected chi connectivity index (χ3v) is 3.04. The minimum Gasteiger partial charge on any atom is -0.508 e. The number of rotatable bonds is 3. The number of aromatic hydroxyl groups is 1. The Hall–Kier alpha value is -2.42. The quantitative estimate of drug-likeness (QED) is 0.612. The van der Waals surface area contributed by atoms with E-state index in [0.29, 0.717) is 0 Å². The minimum atomic E-state index is 0.285. The Morgan fingerprint density at radius 3 is 2.67 bits per heavy atom. The van der Waals surface area contributed by atoms with Crippen molar-refractivity contribution in [1.29, 1.82) is 0 Å². The highest BCUT2D eigenvalue weighted by Crippen LogP contribution is 2.19. The number of nitrogens with one attached hydrogen (secondary N) is 2. The normalized spacial score (nSPS) is 10.7. The number of hydrogen-bond acceptors (Lipinski definition) is 2. The van der Waals surface area contributed by atoms with E-state index in [1.54, 1.807) is 12.1 Å². The molecule has 3 nitrogen and oxygen atoms in total. The average molecular weight is 238 g/mol. The average Bonchev–Trinajstić information content (AvgIpc) is 2.87. The number of H-pyrrole nitrogens is 1. The molecule has 0 aliphatic rings. The van der Waals surface area contributed by atoms with Crippen molar-refractivity contribution in [3.05, 3.63) is 60.3 Å². The molecule has 0 spiro atoms. The molecular formula is C15H14N2O. The van der Waals surface area contributed by atoms with Crippen molar-refractivity contribution in [2.24, 2.45) is 0 Å². The zero-order valence-electron chi connectivity index (χ0n) is 9.85. The molecule has 0 aliphatic heterocycles. The van der Waals surface area contributed by atoms with Crippen LogP contribution in [-0.2, 0) is 6.54 Å². The van der Waals surface area contributed by atoms with Gasteiger partial charge in [-0.15, -0.1) is 0 Å². The number of fused-ring (bicyclic) bond motifs is 1.